The van der Waals surface area contributed by atoms with Gasteiger partial charge < -0.3 is 36.0 Å². The monoisotopic (exact) mass is 856 g/mol. The maximum atomic E-state index is 6.12. The van der Waals surface area contributed by atoms with Crippen LogP contribution in [0.4, 0.5) is 0 Å². The van der Waals surface area contributed by atoms with Gasteiger partial charge in [-0.05, 0) is 30.3 Å². The molecular weight excluding hydrogens is 820 g/mol. The van der Waals surface area contributed by atoms with Crippen LogP contribution in [0.2, 0.25) is 0 Å². The quantitative estimate of drug-likeness (QED) is 0.289. The number of rotatable bonds is 9. The zero-order chi connectivity index (χ0) is 26.6. The second-order valence-electron chi connectivity index (χ2n) is 10.3. The summed E-state index contributed by atoms with van der Waals surface area (Å²) in [6.45, 7) is 6.82. The van der Waals surface area contributed by atoms with Gasteiger partial charge in [0.2, 0.25) is 0 Å². The largest absolute Gasteiger partial charge is 1.00 e. The first kappa shape index (κ1) is 32.4. The third-order valence-corrected chi connectivity index (χ3v) is 10.9. The van der Waals surface area contributed by atoms with Gasteiger partial charge in [0.25, 0.3) is 0 Å². The zero-order valence-corrected chi connectivity index (χ0v) is 31.1. The molecule has 10 heteroatoms. The summed E-state index contributed by atoms with van der Waals surface area (Å²) < 4.78 is 17.1. The summed E-state index contributed by atoms with van der Waals surface area (Å²) in [4.78, 5) is 11.1. The van der Waals surface area contributed by atoms with Crippen molar-refractivity contribution in [2.24, 2.45) is 11.1 Å². The van der Waals surface area contributed by atoms with Crippen LogP contribution >= 0.6 is 7.92 Å². The summed E-state index contributed by atoms with van der Waals surface area (Å²) in [5, 5.41) is 7.49. The molecule has 1 saturated heterocycles. The first-order chi connectivity index (χ1) is 19.2. The molecule has 0 aliphatic carbocycles. The predicted octanol–water partition coefficient (Wildman–Crippen LogP) is 0.302. The van der Waals surface area contributed by atoms with Crippen LogP contribution in [0.25, 0.3) is 0 Å². The van der Waals surface area contributed by atoms with Crippen LogP contribution in [0.3, 0.4) is 0 Å². The first-order valence-corrected chi connectivity index (χ1v) is 15.5. The van der Waals surface area contributed by atoms with Crippen molar-refractivity contribution in [3.05, 3.63) is 78.4 Å². The molecule has 41 heavy (non-hydrogen) atoms. The molecule has 1 fully saturated rings. The van der Waals surface area contributed by atoms with E-state index in [1.165, 1.54) is 16.8 Å². The number of hydrogen-bond acceptors (Lipinski definition) is 7. The van der Waals surface area contributed by atoms with Gasteiger partial charge in [-0.1, -0.05) is 41.6 Å². The van der Waals surface area contributed by atoms with Crippen LogP contribution in [0.1, 0.15) is 5.56 Å². The van der Waals surface area contributed by atoms with Gasteiger partial charge in [-0.3, -0.25) is 9.80 Å². The molecule has 2 atom stereocenters. The summed E-state index contributed by atoms with van der Waals surface area (Å²) >= 11 is 0. The minimum absolute atomic E-state index is 0. The van der Waals surface area contributed by atoms with E-state index in [4.69, 9.17) is 19.0 Å². The molecule has 7 nitrogen and oxygen atoms in total. The first-order valence-electron chi connectivity index (χ1n) is 13.8. The van der Waals surface area contributed by atoms with E-state index in [1.807, 2.05) is 12.1 Å². The van der Waals surface area contributed by atoms with Gasteiger partial charge in [-0.25, -0.2) is 0 Å². The fourth-order valence-corrected chi connectivity index (χ4v) is 8.49. The summed E-state index contributed by atoms with van der Waals surface area (Å²) in [6, 6.07) is 25.9. The average Bonchev–Trinajstić information content (AvgIpc) is 3.41. The zero-order valence-electron chi connectivity index (χ0n) is 23.7. The van der Waals surface area contributed by atoms with Gasteiger partial charge in [0.1, 0.15) is 18.1 Å². The number of oxime groups is 1. The summed E-state index contributed by atoms with van der Waals surface area (Å²) in [5.41, 5.74) is 1.89. The average molecular weight is 858 g/mol. The van der Waals surface area contributed by atoms with Crippen molar-refractivity contribution < 1.29 is 68.3 Å². The number of fused-ring (bicyclic) bond motifs is 3. The number of halogens is 1. The molecule has 215 valence electrons. The van der Waals surface area contributed by atoms with E-state index in [2.05, 4.69) is 75.6 Å². The Hall–Kier alpha value is -1.55. The van der Waals surface area contributed by atoms with Crippen molar-refractivity contribution in [2.45, 2.75) is 6.10 Å². The van der Waals surface area contributed by atoms with Crippen LogP contribution in [0, 0.1) is 38.2 Å². The molecule has 3 aliphatic heterocycles. The maximum absolute atomic E-state index is 6.12. The molecule has 3 aromatic rings. The smallest absolute Gasteiger partial charge is 0.164 e. The topological polar surface area (TPSA) is 55.8 Å². The minimum atomic E-state index is -0.798. The van der Waals surface area contributed by atoms with Crippen molar-refractivity contribution in [1.82, 2.24) is 9.80 Å². The van der Waals surface area contributed by atoms with Crippen LogP contribution in [0.15, 0.2) is 78.0 Å². The molecule has 6 rings (SSSR count). The Kier molecular flexibility index (Phi) is 12.0. The molecule has 2 unspecified atom stereocenters. The molecule has 0 aromatic heterocycles. The van der Waals surface area contributed by atoms with Gasteiger partial charge >= 0.3 is 0 Å². The fourth-order valence-electron chi connectivity index (χ4n) is 5.85. The summed E-state index contributed by atoms with van der Waals surface area (Å²) in [6.07, 6.45) is 1.22. The Morgan fingerprint density at radius 3 is 2.05 bits per heavy atom. The van der Waals surface area contributed by atoms with Crippen LogP contribution in [-0.2, 0) is 4.84 Å². The summed E-state index contributed by atoms with van der Waals surface area (Å²) in [7, 11) is 2.48. The molecule has 0 N–H and O–H groups in total. The second kappa shape index (κ2) is 15.3. The number of ether oxygens (including phenoxy) is 3. The van der Waals surface area contributed by atoms with E-state index in [0.717, 1.165) is 56.3 Å². The number of hydrogen-bond donors (Lipinski definition) is 0. The van der Waals surface area contributed by atoms with E-state index in [1.54, 1.807) is 14.2 Å². The molecule has 3 aliphatic rings. The Morgan fingerprint density at radius 1 is 0.854 bits per heavy atom. The summed E-state index contributed by atoms with van der Waals surface area (Å²) in [5.74, 6) is 2.22. The number of nitrogens with zero attached hydrogens (tertiary/aromatic N) is 3. The standard InChI is InChI=1S/C31H36N3O4P.BrH.Pa/c1-35-28-19-25-27(20-29(28)36-2)37-22-26-30(38-32-31(25)26)21-34-15-13-33(14-16-34)17-18-39(23-9-5-3-6-10-23)24-11-7-4-8-12-24;;/h3-12,19-20,26,30H,13-18,21-22H2,1-2H3;1H;. The molecule has 0 amide bonds. The fraction of sp³-hybridized carbons (Fsp3) is 0.387. The van der Waals surface area contributed by atoms with E-state index in [-0.39, 0.29) is 61.3 Å². The number of piperazine rings is 1. The molecule has 1 radical (unpaired) electrons. The van der Waals surface area contributed by atoms with Crippen LogP contribution < -0.4 is 41.8 Å². The van der Waals surface area contributed by atoms with Crippen LogP contribution in [-0.4, -0.2) is 87.9 Å². The molecule has 0 saturated carbocycles. The van der Waals surface area contributed by atoms with Crippen molar-refractivity contribution >= 4 is 24.2 Å². The van der Waals surface area contributed by atoms with Gasteiger partial charge in [-0.15, -0.1) is 0 Å². The van der Waals surface area contributed by atoms with E-state index < -0.39 is 7.92 Å². The Labute approximate surface area is 279 Å². The van der Waals surface area contributed by atoms with E-state index >= 15 is 0 Å². The van der Waals surface area contributed by atoms with Crippen molar-refractivity contribution in [3.8, 4) is 17.2 Å². The number of benzene rings is 3. The third-order valence-electron chi connectivity index (χ3n) is 8.09. The van der Waals surface area contributed by atoms with E-state index in [0.29, 0.717) is 18.1 Å². The predicted molar refractivity (Wildman–Crippen MR) is 158 cm³/mol. The normalized spacial score (nSPS) is 19.9. The maximum Gasteiger partial charge on any atom is 0.164 e. The van der Waals surface area contributed by atoms with Crippen LogP contribution in [0.5, 0.6) is 17.2 Å². The van der Waals surface area contributed by atoms with Crippen molar-refractivity contribution in [1.29, 1.82) is 0 Å². The van der Waals surface area contributed by atoms with Gasteiger partial charge in [0.05, 0.1) is 44.8 Å². The SMILES string of the molecule is COc1cc2c(cc1OC)C1=NOC(CN3CCN(CC[PH+](c4ccccc4)c4ccccc4)CC3)C1CO2.[Br-].[Pa]. The number of methoxy groups -OCH3 is 2. The van der Waals surface area contributed by atoms with Gasteiger partial charge in [0, 0.05) is 83.2 Å². The molecule has 0 spiro atoms. The Morgan fingerprint density at radius 2 is 1.44 bits per heavy atom. The minimum Gasteiger partial charge on any atom is -1.00 e. The molecule has 3 aromatic carbocycles. The van der Waals surface area contributed by atoms with Crippen molar-refractivity contribution in [2.75, 3.05) is 66.3 Å². The second-order valence-corrected chi connectivity index (χ2v) is 13.0. The third kappa shape index (κ3) is 7.34. The molecule has 0 bridgehead atoms. The van der Waals surface area contributed by atoms with Crippen molar-refractivity contribution in [3.63, 3.8) is 0 Å². The van der Waals surface area contributed by atoms with Gasteiger partial charge in [-0.2, -0.15) is 0 Å². The van der Waals surface area contributed by atoms with E-state index in [9.17, 15) is 0 Å². The molecule has 3 heterocycles. The molecular formula is C31H37BrN3O4PPa. The van der Waals surface area contributed by atoms with Gasteiger partial charge in [0.15, 0.2) is 17.6 Å². The Bertz CT molecular complexity index is 1260. The Balaban J connectivity index is 0.00000194.